The highest BCUT2D eigenvalue weighted by atomic mass is 32.1. The van der Waals surface area contributed by atoms with Crippen LogP contribution in [-0.4, -0.2) is 46.2 Å². The second-order valence-electron chi connectivity index (χ2n) is 6.22. The minimum Gasteiger partial charge on any atom is -0.490 e. The fraction of sp³-hybridized carbons (Fsp3) is 0.389. The molecule has 0 amide bonds. The second-order valence-corrected chi connectivity index (χ2v) is 7.39. The normalized spacial score (nSPS) is 26.4. The predicted octanol–water partition coefficient (Wildman–Crippen LogP) is 1.64. The number of carbonyl (C=O) groups is 1. The molecule has 25 heavy (non-hydrogen) atoms. The van der Waals surface area contributed by atoms with Gasteiger partial charge in [-0.15, -0.1) is 11.3 Å². The molecule has 0 saturated carbocycles. The van der Waals surface area contributed by atoms with Crippen LogP contribution in [0.2, 0.25) is 0 Å². The van der Waals surface area contributed by atoms with Gasteiger partial charge in [0, 0.05) is 16.0 Å². The summed E-state index contributed by atoms with van der Waals surface area (Å²) in [6, 6.07) is 8.13. The van der Waals surface area contributed by atoms with Crippen LogP contribution in [0.3, 0.4) is 0 Å². The summed E-state index contributed by atoms with van der Waals surface area (Å²) >= 11 is 1.56. The number of aliphatic hydroxyl groups excluding tert-OH is 2. The molecule has 6 nitrogen and oxygen atoms in total. The number of esters is 1. The Labute approximate surface area is 148 Å². The quantitative estimate of drug-likeness (QED) is 0.714. The number of hydrogen-bond acceptors (Lipinski definition) is 7. The predicted molar refractivity (Wildman–Crippen MR) is 93.0 cm³/mol. The minimum absolute atomic E-state index is 0.0414. The molecule has 0 fully saturated rings. The fourth-order valence-corrected chi connectivity index (χ4v) is 3.85. The smallest absolute Gasteiger partial charge is 0.342 e. The van der Waals surface area contributed by atoms with Crippen molar-refractivity contribution in [2.75, 3.05) is 7.11 Å². The molecule has 1 aromatic heterocycles. The molecular formula is C18H20O6S. The highest BCUT2D eigenvalue weighted by Crippen LogP contribution is 2.32. The molecule has 0 spiro atoms. The molecule has 0 unspecified atom stereocenters. The van der Waals surface area contributed by atoms with Crippen molar-refractivity contribution in [3.8, 4) is 0 Å². The van der Waals surface area contributed by atoms with E-state index in [-0.39, 0.29) is 18.8 Å². The molecule has 0 aliphatic heterocycles. The summed E-state index contributed by atoms with van der Waals surface area (Å²) in [5.41, 5.74) is -0.852. The first-order valence-electron chi connectivity index (χ1n) is 7.84. The first-order valence-corrected chi connectivity index (χ1v) is 8.65. The highest BCUT2D eigenvalue weighted by Gasteiger charge is 2.45. The molecule has 134 valence electrons. The van der Waals surface area contributed by atoms with E-state index in [1.807, 2.05) is 25.1 Å². The lowest BCUT2D eigenvalue weighted by atomic mass is 9.86. The topological polar surface area (TPSA) is 96.2 Å². The molecule has 1 aromatic carbocycles. The number of rotatable bonds is 4. The lowest BCUT2D eigenvalue weighted by Gasteiger charge is -2.33. The summed E-state index contributed by atoms with van der Waals surface area (Å²) in [4.78, 5) is 12.7. The molecule has 3 N–H and O–H groups in total. The van der Waals surface area contributed by atoms with E-state index in [0.29, 0.717) is 0 Å². The van der Waals surface area contributed by atoms with Crippen LogP contribution in [0, 0.1) is 6.92 Å². The van der Waals surface area contributed by atoms with Gasteiger partial charge < -0.3 is 24.8 Å². The fourth-order valence-electron chi connectivity index (χ4n) is 2.89. The Morgan fingerprint density at radius 2 is 2.12 bits per heavy atom. The van der Waals surface area contributed by atoms with Gasteiger partial charge >= 0.3 is 5.97 Å². The van der Waals surface area contributed by atoms with Gasteiger partial charge in [0.25, 0.3) is 0 Å². The Bertz CT molecular complexity index is 826. The molecule has 0 saturated heterocycles. The summed E-state index contributed by atoms with van der Waals surface area (Å²) in [5, 5.41) is 31.5. The number of ether oxygens (including phenoxy) is 2. The third kappa shape index (κ3) is 3.55. The summed E-state index contributed by atoms with van der Waals surface area (Å²) < 4.78 is 11.3. The third-order valence-corrected chi connectivity index (χ3v) is 5.29. The van der Waals surface area contributed by atoms with E-state index in [1.54, 1.807) is 11.3 Å². The Morgan fingerprint density at radius 3 is 2.84 bits per heavy atom. The number of aryl methyl sites for hydroxylation is 1. The van der Waals surface area contributed by atoms with Crippen LogP contribution >= 0.6 is 11.3 Å². The maximum atomic E-state index is 11.7. The third-order valence-electron chi connectivity index (χ3n) is 4.20. The molecule has 2 aromatic rings. The van der Waals surface area contributed by atoms with Crippen molar-refractivity contribution < 1.29 is 29.6 Å². The maximum absolute atomic E-state index is 11.7. The molecule has 0 radical (unpaired) electrons. The number of hydrogen-bond donors (Lipinski definition) is 3. The van der Waals surface area contributed by atoms with Crippen LogP contribution in [-0.2, 0) is 20.9 Å². The largest absolute Gasteiger partial charge is 0.490 e. The first-order chi connectivity index (χ1) is 11.8. The van der Waals surface area contributed by atoms with Gasteiger partial charge in [0.1, 0.15) is 18.5 Å². The van der Waals surface area contributed by atoms with Gasteiger partial charge in [-0.2, -0.15) is 0 Å². The summed E-state index contributed by atoms with van der Waals surface area (Å²) in [7, 11) is 1.14. The van der Waals surface area contributed by atoms with Crippen molar-refractivity contribution in [3.63, 3.8) is 0 Å². The van der Waals surface area contributed by atoms with Gasteiger partial charge in [-0.25, -0.2) is 4.79 Å². The van der Waals surface area contributed by atoms with Crippen LogP contribution in [0.4, 0.5) is 0 Å². The van der Waals surface area contributed by atoms with Gasteiger partial charge in [-0.3, -0.25) is 0 Å². The van der Waals surface area contributed by atoms with Crippen molar-refractivity contribution in [2.24, 2.45) is 0 Å². The summed E-state index contributed by atoms with van der Waals surface area (Å²) in [5.74, 6) is -0.947. The van der Waals surface area contributed by atoms with Crippen LogP contribution < -0.4 is 0 Å². The molecule has 3 rings (SSSR count). The van der Waals surface area contributed by atoms with Crippen molar-refractivity contribution in [1.82, 2.24) is 0 Å². The van der Waals surface area contributed by atoms with Crippen molar-refractivity contribution >= 4 is 27.4 Å². The van der Waals surface area contributed by atoms with E-state index in [2.05, 4.69) is 10.8 Å². The van der Waals surface area contributed by atoms with E-state index in [0.717, 1.165) is 33.7 Å². The number of methoxy groups -OCH3 is 1. The van der Waals surface area contributed by atoms with Gasteiger partial charge in [-0.05, 0) is 30.5 Å². The molecule has 0 bridgehead atoms. The van der Waals surface area contributed by atoms with Crippen LogP contribution in [0.1, 0.15) is 16.9 Å². The number of thiophene rings is 1. The number of benzene rings is 1. The average Bonchev–Trinajstić information content (AvgIpc) is 2.98. The molecule has 7 heteroatoms. The lowest BCUT2D eigenvalue weighted by molar-refractivity contribution is -0.164. The summed E-state index contributed by atoms with van der Waals surface area (Å²) in [6.07, 6.45) is -1.86. The molecule has 1 aliphatic rings. The zero-order valence-corrected chi connectivity index (χ0v) is 14.7. The Morgan fingerprint density at radius 1 is 1.36 bits per heavy atom. The van der Waals surface area contributed by atoms with E-state index in [4.69, 9.17) is 4.74 Å². The van der Waals surface area contributed by atoms with Gasteiger partial charge in [0.2, 0.25) is 0 Å². The highest BCUT2D eigenvalue weighted by molar-refractivity contribution is 7.19. The number of carbonyl (C=O) groups excluding carboxylic acids is 1. The monoisotopic (exact) mass is 364 g/mol. The van der Waals surface area contributed by atoms with E-state index in [9.17, 15) is 20.1 Å². The molecule has 3 atom stereocenters. The lowest BCUT2D eigenvalue weighted by Crippen LogP contribution is -2.49. The Balaban J connectivity index is 1.80. The van der Waals surface area contributed by atoms with Crippen LogP contribution in [0.5, 0.6) is 0 Å². The maximum Gasteiger partial charge on any atom is 0.342 e. The van der Waals surface area contributed by atoms with Gasteiger partial charge in [-0.1, -0.05) is 17.7 Å². The van der Waals surface area contributed by atoms with E-state index < -0.39 is 23.8 Å². The van der Waals surface area contributed by atoms with Crippen LogP contribution in [0.15, 0.2) is 36.1 Å². The zero-order valence-electron chi connectivity index (χ0n) is 13.9. The van der Waals surface area contributed by atoms with Gasteiger partial charge in [0.15, 0.2) is 5.60 Å². The van der Waals surface area contributed by atoms with Gasteiger partial charge in [0.05, 0.1) is 13.2 Å². The first kappa shape index (κ1) is 17.9. The number of aliphatic hydroxyl groups is 3. The Hall–Kier alpha value is -1.93. The zero-order chi connectivity index (χ0) is 18.2. The second kappa shape index (κ2) is 6.76. The minimum atomic E-state index is -2.01. The van der Waals surface area contributed by atoms with E-state index in [1.165, 1.54) is 0 Å². The van der Waals surface area contributed by atoms with Crippen molar-refractivity contribution in [2.45, 2.75) is 37.8 Å². The molecule has 1 aliphatic carbocycles. The van der Waals surface area contributed by atoms with E-state index >= 15 is 0 Å². The average molecular weight is 364 g/mol. The van der Waals surface area contributed by atoms with Crippen molar-refractivity contribution in [1.29, 1.82) is 0 Å². The molecular weight excluding hydrogens is 344 g/mol. The van der Waals surface area contributed by atoms with Crippen molar-refractivity contribution in [3.05, 3.63) is 46.5 Å². The molecule has 1 heterocycles. The summed E-state index contributed by atoms with van der Waals surface area (Å²) in [6.45, 7) is 2.18. The van der Waals surface area contributed by atoms with Crippen LogP contribution in [0.25, 0.3) is 10.1 Å². The number of fused-ring (bicyclic) bond motifs is 1. The SMILES string of the molecule is COC(=O)[C@]1(O)C=C(OCc2cc3cc(C)ccc3s2)[C@@H](O)[C@H](O)C1. The standard InChI is InChI=1S/C18H20O6S/c1-10-3-4-15-11(5-10)6-12(25-15)9-24-14-8-18(22,17(21)23-2)7-13(19)16(14)20/h3-6,8,13,16,19-20,22H,7,9H2,1-2H3/t13-,16+,18-/m1/s1. The Kier molecular flexibility index (Phi) is 4.83.